The molecule has 8 nitrogen and oxygen atoms in total. The molecule has 0 saturated heterocycles. The van der Waals surface area contributed by atoms with Crippen LogP contribution in [0.2, 0.25) is 0 Å². The third kappa shape index (κ3) is 5.17. The number of carbonyl (C=O) groups excluding carboxylic acids is 1. The largest absolute Gasteiger partial charge is 0.493 e. The minimum Gasteiger partial charge on any atom is -0.493 e. The Labute approximate surface area is 208 Å². The smallest absolute Gasteiger partial charge is 0.299 e. The summed E-state index contributed by atoms with van der Waals surface area (Å²) >= 11 is 0. The van der Waals surface area contributed by atoms with Gasteiger partial charge in [-0.3, -0.25) is 4.79 Å². The lowest BCUT2D eigenvalue weighted by Crippen LogP contribution is -2.03. The summed E-state index contributed by atoms with van der Waals surface area (Å²) in [5.74, 6) is 2.47. The van der Waals surface area contributed by atoms with E-state index in [9.17, 15) is 4.79 Å². The Balaban J connectivity index is 1.21. The molecule has 2 aromatic heterocycles. The van der Waals surface area contributed by atoms with Crippen molar-refractivity contribution in [2.45, 2.75) is 19.8 Å². The Morgan fingerprint density at radius 1 is 0.917 bits per heavy atom. The molecule has 5 aromatic rings. The summed E-state index contributed by atoms with van der Waals surface area (Å²) in [6, 6.07) is 27.0. The predicted molar refractivity (Wildman–Crippen MR) is 133 cm³/mol. The number of benzene rings is 3. The topological polar surface area (TPSA) is 92.3 Å². The van der Waals surface area contributed by atoms with E-state index >= 15 is 0 Å². The molecule has 2 heterocycles. The second-order valence-corrected chi connectivity index (χ2v) is 8.11. The standard InChI is InChI=1S/C28H24N4O4/c1-20-25(29-27(36-20)22-8-4-2-5-9-22)16-17-34-24-14-12-21(13-15-24)18-26-28(35-19-33)32(31-30-26)23-10-6-3-7-11-23/h2-15,19H,16-18H2,1H3. The van der Waals surface area contributed by atoms with Gasteiger partial charge in [0.1, 0.15) is 17.2 Å². The van der Waals surface area contributed by atoms with Gasteiger partial charge in [-0.1, -0.05) is 53.7 Å². The van der Waals surface area contributed by atoms with Crippen molar-refractivity contribution in [2.75, 3.05) is 6.61 Å². The number of carbonyl (C=O) groups is 1. The van der Waals surface area contributed by atoms with Crippen molar-refractivity contribution >= 4 is 6.47 Å². The zero-order valence-electron chi connectivity index (χ0n) is 19.7. The highest BCUT2D eigenvalue weighted by Crippen LogP contribution is 2.24. The van der Waals surface area contributed by atoms with Crippen molar-refractivity contribution in [3.8, 4) is 28.8 Å². The van der Waals surface area contributed by atoms with Gasteiger partial charge in [0.25, 0.3) is 6.47 Å². The molecular weight excluding hydrogens is 456 g/mol. The maximum atomic E-state index is 11.1. The van der Waals surface area contributed by atoms with Crippen LogP contribution < -0.4 is 9.47 Å². The summed E-state index contributed by atoms with van der Waals surface area (Å²) in [5.41, 5.74) is 4.15. The summed E-state index contributed by atoms with van der Waals surface area (Å²) in [5, 5.41) is 8.39. The average Bonchev–Trinajstić information content (AvgIpc) is 3.49. The summed E-state index contributed by atoms with van der Waals surface area (Å²) in [4.78, 5) is 15.7. The van der Waals surface area contributed by atoms with Gasteiger partial charge in [0.05, 0.1) is 18.0 Å². The highest BCUT2D eigenvalue weighted by molar-refractivity contribution is 5.53. The summed E-state index contributed by atoms with van der Waals surface area (Å²) < 4.78 is 18.5. The normalized spacial score (nSPS) is 10.8. The van der Waals surface area contributed by atoms with Crippen LogP contribution in [-0.4, -0.2) is 33.1 Å². The minimum absolute atomic E-state index is 0.300. The fourth-order valence-corrected chi connectivity index (χ4v) is 3.84. The average molecular weight is 481 g/mol. The zero-order chi connectivity index (χ0) is 24.7. The number of para-hydroxylation sites is 1. The zero-order valence-corrected chi connectivity index (χ0v) is 19.7. The summed E-state index contributed by atoms with van der Waals surface area (Å²) in [6.45, 7) is 2.78. The predicted octanol–water partition coefficient (Wildman–Crippen LogP) is 4.98. The molecule has 0 spiro atoms. The van der Waals surface area contributed by atoms with Gasteiger partial charge in [0.15, 0.2) is 0 Å². The number of hydrogen-bond donors (Lipinski definition) is 0. The second kappa shape index (κ2) is 10.7. The lowest BCUT2D eigenvalue weighted by Gasteiger charge is -2.07. The second-order valence-electron chi connectivity index (χ2n) is 8.11. The molecule has 0 bridgehead atoms. The first kappa shape index (κ1) is 23.0. The van der Waals surface area contributed by atoms with Crippen LogP contribution in [0.5, 0.6) is 11.6 Å². The van der Waals surface area contributed by atoms with Crippen molar-refractivity contribution < 1.29 is 18.7 Å². The maximum Gasteiger partial charge on any atom is 0.299 e. The number of oxazole rings is 1. The van der Waals surface area contributed by atoms with E-state index in [1.54, 1.807) is 0 Å². The summed E-state index contributed by atoms with van der Waals surface area (Å²) in [7, 11) is 0. The fraction of sp³-hybridized carbons (Fsp3) is 0.143. The third-order valence-electron chi connectivity index (χ3n) is 5.67. The lowest BCUT2D eigenvalue weighted by molar-refractivity contribution is -0.121. The first-order chi connectivity index (χ1) is 17.7. The van der Waals surface area contributed by atoms with Crippen molar-refractivity contribution in [1.82, 2.24) is 20.0 Å². The van der Waals surface area contributed by atoms with Crippen LogP contribution in [0, 0.1) is 6.92 Å². The van der Waals surface area contributed by atoms with Crippen LogP contribution in [0.25, 0.3) is 17.1 Å². The van der Waals surface area contributed by atoms with E-state index in [2.05, 4.69) is 15.3 Å². The van der Waals surface area contributed by atoms with E-state index in [1.807, 2.05) is 91.9 Å². The van der Waals surface area contributed by atoms with E-state index in [0.29, 0.717) is 43.4 Å². The number of ether oxygens (including phenoxy) is 2. The van der Waals surface area contributed by atoms with Gasteiger partial charge in [-0.2, -0.15) is 4.68 Å². The molecule has 36 heavy (non-hydrogen) atoms. The van der Waals surface area contributed by atoms with Crippen molar-refractivity contribution in [3.05, 3.63) is 108 Å². The van der Waals surface area contributed by atoms with Crippen LogP contribution in [0.4, 0.5) is 0 Å². The molecule has 0 aliphatic carbocycles. The Bertz CT molecular complexity index is 1430. The van der Waals surface area contributed by atoms with Crippen LogP contribution in [-0.2, 0) is 17.6 Å². The number of nitrogens with zero attached hydrogens (tertiary/aromatic N) is 4. The molecule has 0 atom stereocenters. The molecule has 0 unspecified atom stereocenters. The van der Waals surface area contributed by atoms with Crippen molar-refractivity contribution in [2.24, 2.45) is 0 Å². The quantitative estimate of drug-likeness (QED) is 0.260. The van der Waals surface area contributed by atoms with Gasteiger partial charge in [-0.05, 0) is 48.9 Å². The molecule has 0 radical (unpaired) electrons. The van der Waals surface area contributed by atoms with Gasteiger partial charge < -0.3 is 13.9 Å². The molecule has 3 aromatic carbocycles. The molecule has 8 heteroatoms. The molecule has 180 valence electrons. The van der Waals surface area contributed by atoms with Crippen LogP contribution in [0.3, 0.4) is 0 Å². The first-order valence-corrected chi connectivity index (χ1v) is 11.5. The van der Waals surface area contributed by atoms with Gasteiger partial charge in [0.2, 0.25) is 11.8 Å². The Hall–Kier alpha value is -4.72. The molecule has 0 saturated carbocycles. The Kier molecular flexibility index (Phi) is 6.84. The third-order valence-corrected chi connectivity index (χ3v) is 5.67. The van der Waals surface area contributed by atoms with Crippen molar-refractivity contribution in [1.29, 1.82) is 0 Å². The molecular formula is C28H24N4O4. The number of hydrogen-bond acceptors (Lipinski definition) is 7. The Morgan fingerprint density at radius 3 is 2.36 bits per heavy atom. The van der Waals surface area contributed by atoms with Gasteiger partial charge in [0, 0.05) is 18.4 Å². The Morgan fingerprint density at radius 2 is 1.64 bits per heavy atom. The lowest BCUT2D eigenvalue weighted by atomic mass is 10.1. The van der Waals surface area contributed by atoms with Gasteiger partial charge >= 0.3 is 0 Å². The molecule has 0 fully saturated rings. The molecule has 0 aliphatic heterocycles. The summed E-state index contributed by atoms with van der Waals surface area (Å²) in [6.07, 6.45) is 1.09. The fourth-order valence-electron chi connectivity index (χ4n) is 3.84. The molecule has 5 rings (SSSR count). The van der Waals surface area contributed by atoms with E-state index in [1.165, 1.54) is 4.68 Å². The van der Waals surface area contributed by atoms with E-state index < -0.39 is 0 Å². The number of aryl methyl sites for hydroxylation is 1. The van der Waals surface area contributed by atoms with E-state index in [4.69, 9.17) is 13.9 Å². The number of rotatable bonds is 10. The molecule has 0 N–H and O–H groups in total. The highest BCUT2D eigenvalue weighted by atomic mass is 16.5. The SMILES string of the molecule is Cc1oc(-c2ccccc2)nc1CCOc1ccc(Cc2nnn(-c3ccccc3)c2OC=O)cc1. The van der Waals surface area contributed by atoms with E-state index in [-0.39, 0.29) is 0 Å². The van der Waals surface area contributed by atoms with Crippen LogP contribution in [0.1, 0.15) is 22.7 Å². The van der Waals surface area contributed by atoms with Gasteiger partial charge in [-0.15, -0.1) is 5.10 Å². The van der Waals surface area contributed by atoms with Crippen LogP contribution in [0.15, 0.2) is 89.3 Å². The van der Waals surface area contributed by atoms with Crippen LogP contribution >= 0.6 is 0 Å². The minimum atomic E-state index is 0.300. The molecule has 0 aliphatic rings. The monoisotopic (exact) mass is 480 g/mol. The maximum absolute atomic E-state index is 11.1. The highest BCUT2D eigenvalue weighted by Gasteiger charge is 2.17. The first-order valence-electron chi connectivity index (χ1n) is 11.5. The number of aromatic nitrogens is 4. The molecule has 0 amide bonds. The van der Waals surface area contributed by atoms with Gasteiger partial charge in [-0.25, -0.2) is 4.98 Å². The van der Waals surface area contributed by atoms with Crippen molar-refractivity contribution in [3.63, 3.8) is 0 Å². The van der Waals surface area contributed by atoms with E-state index in [0.717, 1.165) is 34.0 Å².